The molecular formula is C9H9N2O2S. The molecule has 4 nitrogen and oxygen atoms in total. The van der Waals surface area contributed by atoms with Gasteiger partial charge in [-0.05, 0) is 18.2 Å². The van der Waals surface area contributed by atoms with Gasteiger partial charge in [0.1, 0.15) is 0 Å². The van der Waals surface area contributed by atoms with Crippen molar-refractivity contribution in [2.45, 2.75) is 0 Å². The van der Waals surface area contributed by atoms with E-state index in [1.807, 2.05) is 6.07 Å². The van der Waals surface area contributed by atoms with Crippen molar-refractivity contribution in [1.29, 1.82) is 0 Å². The topological polar surface area (TPSA) is 60.3 Å². The fourth-order valence-corrected chi connectivity index (χ4v) is 1.90. The van der Waals surface area contributed by atoms with E-state index in [0.717, 1.165) is 17.5 Å². The number of hydrogen-bond donors (Lipinski definition) is 1. The fraction of sp³-hybridized carbons (Fsp3) is 0.111. The predicted molar refractivity (Wildman–Crippen MR) is 55.7 cm³/mol. The maximum absolute atomic E-state index is 11.0. The van der Waals surface area contributed by atoms with Gasteiger partial charge in [0, 0.05) is 11.8 Å². The van der Waals surface area contributed by atoms with Gasteiger partial charge >= 0.3 is 0 Å². The average Bonchev–Trinajstić information content (AvgIpc) is 2.49. The zero-order valence-corrected chi connectivity index (χ0v) is 8.38. The summed E-state index contributed by atoms with van der Waals surface area (Å²) in [6.07, 6.45) is 4.56. The van der Waals surface area contributed by atoms with Gasteiger partial charge in [-0.15, -0.1) is 0 Å². The molecule has 2 rings (SSSR count). The van der Waals surface area contributed by atoms with E-state index in [2.05, 4.69) is 10.0 Å². The predicted octanol–water partition coefficient (Wildman–Crippen LogP) is 1.28. The number of fused-ring (bicyclic) bond motifs is 1. The first-order chi connectivity index (χ1) is 6.56. The van der Waals surface area contributed by atoms with E-state index in [-0.39, 0.29) is 0 Å². The van der Waals surface area contributed by atoms with Crippen LogP contribution < -0.4 is 10.0 Å². The SMILES string of the molecule is CS(=O)(=O)Nc1cccc2c1C=C[N]2. The van der Waals surface area contributed by atoms with Crippen molar-refractivity contribution in [3.05, 3.63) is 30.0 Å². The van der Waals surface area contributed by atoms with Crippen molar-refractivity contribution in [2.75, 3.05) is 11.0 Å². The van der Waals surface area contributed by atoms with Crippen molar-refractivity contribution in [3.63, 3.8) is 0 Å². The first-order valence-electron chi connectivity index (χ1n) is 4.04. The molecular weight excluding hydrogens is 200 g/mol. The van der Waals surface area contributed by atoms with Crippen molar-refractivity contribution < 1.29 is 8.42 Å². The minimum Gasteiger partial charge on any atom is -0.283 e. The third-order valence-corrected chi connectivity index (χ3v) is 2.42. The highest BCUT2D eigenvalue weighted by molar-refractivity contribution is 7.92. The lowest BCUT2D eigenvalue weighted by molar-refractivity contribution is 0.607. The summed E-state index contributed by atoms with van der Waals surface area (Å²) in [7, 11) is -3.22. The molecule has 1 aliphatic heterocycles. The summed E-state index contributed by atoms with van der Waals surface area (Å²) >= 11 is 0. The van der Waals surface area contributed by atoms with Gasteiger partial charge in [0.05, 0.1) is 17.6 Å². The fourth-order valence-electron chi connectivity index (χ4n) is 1.32. The van der Waals surface area contributed by atoms with E-state index in [9.17, 15) is 8.42 Å². The first-order valence-corrected chi connectivity index (χ1v) is 5.93. The Kier molecular flexibility index (Phi) is 1.96. The summed E-state index contributed by atoms with van der Waals surface area (Å²) in [6.45, 7) is 0. The molecule has 0 unspecified atom stereocenters. The lowest BCUT2D eigenvalue weighted by atomic mass is 10.1. The molecule has 0 spiro atoms. The molecule has 1 heterocycles. The van der Waals surface area contributed by atoms with E-state index < -0.39 is 10.0 Å². The van der Waals surface area contributed by atoms with Crippen LogP contribution in [0.1, 0.15) is 5.56 Å². The first kappa shape index (κ1) is 9.08. The van der Waals surface area contributed by atoms with E-state index in [4.69, 9.17) is 0 Å². The van der Waals surface area contributed by atoms with Gasteiger partial charge < -0.3 is 0 Å². The van der Waals surface area contributed by atoms with Gasteiger partial charge in [-0.2, -0.15) is 0 Å². The van der Waals surface area contributed by atoms with Crippen LogP contribution in [-0.4, -0.2) is 14.7 Å². The molecule has 0 atom stereocenters. The summed E-state index contributed by atoms with van der Waals surface area (Å²) in [5, 5.41) is 4.07. The number of benzene rings is 1. The van der Waals surface area contributed by atoms with E-state index in [1.54, 1.807) is 24.4 Å². The van der Waals surface area contributed by atoms with Crippen LogP contribution in [0.4, 0.5) is 11.4 Å². The minimum absolute atomic E-state index is 0.572. The number of rotatable bonds is 2. The monoisotopic (exact) mass is 209 g/mol. The molecule has 1 N–H and O–H groups in total. The van der Waals surface area contributed by atoms with Crippen LogP contribution in [0.5, 0.6) is 0 Å². The van der Waals surface area contributed by atoms with Crippen LogP contribution in [0.25, 0.3) is 6.08 Å². The Morgan fingerprint density at radius 2 is 2.14 bits per heavy atom. The van der Waals surface area contributed by atoms with Gasteiger partial charge in [-0.1, -0.05) is 6.07 Å². The van der Waals surface area contributed by atoms with E-state index in [0.29, 0.717) is 5.69 Å². The quantitative estimate of drug-likeness (QED) is 0.797. The Hall–Kier alpha value is -1.49. The van der Waals surface area contributed by atoms with E-state index >= 15 is 0 Å². The van der Waals surface area contributed by atoms with Gasteiger partial charge in [-0.25, -0.2) is 8.42 Å². The molecule has 1 radical (unpaired) electrons. The summed E-state index contributed by atoms with van der Waals surface area (Å²) in [5.41, 5.74) is 2.18. The largest absolute Gasteiger partial charge is 0.283 e. The van der Waals surface area contributed by atoms with Crippen LogP contribution >= 0.6 is 0 Å². The molecule has 1 aliphatic rings. The van der Waals surface area contributed by atoms with Gasteiger partial charge in [0.25, 0.3) is 0 Å². The van der Waals surface area contributed by atoms with Crippen LogP contribution in [0.2, 0.25) is 0 Å². The molecule has 0 saturated carbocycles. The zero-order chi connectivity index (χ0) is 10.2. The lowest BCUT2D eigenvalue weighted by Crippen LogP contribution is -2.10. The molecule has 0 saturated heterocycles. The highest BCUT2D eigenvalue weighted by Crippen LogP contribution is 2.30. The number of nitrogens with one attached hydrogen (secondary N) is 1. The number of nitrogens with zero attached hydrogens (tertiary/aromatic N) is 1. The molecule has 0 aromatic heterocycles. The zero-order valence-electron chi connectivity index (χ0n) is 7.56. The van der Waals surface area contributed by atoms with Crippen LogP contribution in [0.15, 0.2) is 24.4 Å². The smallest absolute Gasteiger partial charge is 0.229 e. The Morgan fingerprint density at radius 1 is 1.36 bits per heavy atom. The lowest BCUT2D eigenvalue weighted by Gasteiger charge is -2.07. The molecule has 0 amide bonds. The highest BCUT2D eigenvalue weighted by Gasteiger charge is 2.12. The van der Waals surface area contributed by atoms with Crippen LogP contribution in [0.3, 0.4) is 0 Å². The Balaban J connectivity index is 2.45. The Bertz CT molecular complexity index is 492. The summed E-state index contributed by atoms with van der Waals surface area (Å²) < 4.78 is 24.5. The summed E-state index contributed by atoms with van der Waals surface area (Å²) in [6, 6.07) is 5.32. The standard InChI is InChI=1S/C9H9N2O2S/c1-14(12,13)11-9-4-2-3-8-7(9)5-6-10-8/h2-6,11H,1H3. The molecule has 73 valence electrons. The third-order valence-electron chi connectivity index (χ3n) is 1.83. The molecule has 14 heavy (non-hydrogen) atoms. The second-order valence-corrected chi connectivity index (χ2v) is 4.81. The molecule has 0 fully saturated rings. The van der Waals surface area contributed by atoms with Crippen molar-refractivity contribution in [2.24, 2.45) is 0 Å². The second kappa shape index (κ2) is 3.02. The third kappa shape index (κ3) is 1.72. The summed E-state index contributed by atoms with van der Waals surface area (Å²) in [5.74, 6) is 0. The van der Waals surface area contributed by atoms with Crippen LogP contribution in [-0.2, 0) is 10.0 Å². The van der Waals surface area contributed by atoms with Crippen LogP contribution in [0, 0.1) is 0 Å². The maximum atomic E-state index is 11.0. The van der Waals surface area contributed by atoms with Gasteiger partial charge in [-0.3, -0.25) is 10.0 Å². The molecule has 0 bridgehead atoms. The number of hydrogen-bond acceptors (Lipinski definition) is 2. The minimum atomic E-state index is -3.22. The van der Waals surface area contributed by atoms with E-state index in [1.165, 1.54) is 0 Å². The van der Waals surface area contributed by atoms with Crippen molar-refractivity contribution in [1.82, 2.24) is 5.32 Å². The summed E-state index contributed by atoms with van der Waals surface area (Å²) in [4.78, 5) is 0. The Morgan fingerprint density at radius 3 is 2.86 bits per heavy atom. The van der Waals surface area contributed by atoms with Gasteiger partial charge in [0.15, 0.2) is 0 Å². The van der Waals surface area contributed by atoms with Gasteiger partial charge in [0.2, 0.25) is 10.0 Å². The molecule has 5 heteroatoms. The molecule has 1 aromatic rings. The van der Waals surface area contributed by atoms with Crippen molar-refractivity contribution in [3.8, 4) is 0 Å². The number of sulfonamides is 1. The second-order valence-electron chi connectivity index (χ2n) is 3.06. The Labute approximate surface area is 82.7 Å². The molecule has 0 aliphatic carbocycles. The number of anilines is 1. The molecule has 1 aromatic carbocycles. The van der Waals surface area contributed by atoms with Crippen molar-refractivity contribution >= 4 is 27.5 Å². The average molecular weight is 209 g/mol. The maximum Gasteiger partial charge on any atom is 0.229 e. The highest BCUT2D eigenvalue weighted by atomic mass is 32.2. The normalized spacial score (nSPS) is 13.5.